The van der Waals surface area contributed by atoms with Crippen molar-refractivity contribution in [3.8, 4) is 5.75 Å². The van der Waals surface area contributed by atoms with Crippen LogP contribution in [0.15, 0.2) is 18.2 Å². The topological polar surface area (TPSA) is 41.6 Å². The van der Waals surface area contributed by atoms with E-state index in [0.29, 0.717) is 0 Å². The highest BCUT2D eigenvalue weighted by Gasteiger charge is 2.22. The zero-order chi connectivity index (χ0) is 15.9. The van der Waals surface area contributed by atoms with Crippen LogP contribution in [-0.2, 0) is 4.79 Å². The van der Waals surface area contributed by atoms with Gasteiger partial charge in [0.2, 0.25) is 0 Å². The number of nitrogens with zero attached hydrogens (tertiary/aromatic N) is 1. The van der Waals surface area contributed by atoms with Crippen molar-refractivity contribution in [2.24, 2.45) is 5.92 Å². The molecule has 0 radical (unpaired) electrons. The lowest BCUT2D eigenvalue weighted by Gasteiger charge is -2.32. The van der Waals surface area contributed by atoms with Gasteiger partial charge in [-0.15, -0.1) is 0 Å². The summed E-state index contributed by atoms with van der Waals surface area (Å²) in [5.41, 5.74) is 2.43. The van der Waals surface area contributed by atoms with E-state index in [0.717, 1.165) is 44.1 Å². The van der Waals surface area contributed by atoms with E-state index >= 15 is 0 Å². The van der Waals surface area contributed by atoms with Crippen LogP contribution in [0.1, 0.15) is 30.4 Å². The van der Waals surface area contributed by atoms with Gasteiger partial charge in [0.1, 0.15) is 5.75 Å². The second-order valence-corrected chi connectivity index (χ2v) is 6.25. The molecule has 1 aliphatic rings. The molecule has 1 fully saturated rings. The Morgan fingerprint density at radius 3 is 2.64 bits per heavy atom. The van der Waals surface area contributed by atoms with E-state index in [2.05, 4.69) is 19.2 Å². The van der Waals surface area contributed by atoms with Gasteiger partial charge >= 0.3 is 0 Å². The van der Waals surface area contributed by atoms with E-state index in [1.807, 2.05) is 30.1 Å². The van der Waals surface area contributed by atoms with Gasteiger partial charge in [0.15, 0.2) is 6.61 Å². The number of benzene rings is 1. The summed E-state index contributed by atoms with van der Waals surface area (Å²) in [4.78, 5) is 14.2. The van der Waals surface area contributed by atoms with Crippen LogP contribution in [0.3, 0.4) is 0 Å². The molecule has 0 aliphatic carbocycles. The van der Waals surface area contributed by atoms with E-state index in [9.17, 15) is 4.79 Å². The first-order valence-corrected chi connectivity index (χ1v) is 8.22. The number of hydrogen-bond donors (Lipinski definition) is 1. The Hall–Kier alpha value is -1.55. The monoisotopic (exact) mass is 304 g/mol. The first kappa shape index (κ1) is 16.8. The van der Waals surface area contributed by atoms with Crippen LogP contribution in [-0.4, -0.2) is 44.1 Å². The maximum Gasteiger partial charge on any atom is 0.260 e. The van der Waals surface area contributed by atoms with Gasteiger partial charge < -0.3 is 15.0 Å². The van der Waals surface area contributed by atoms with Crippen LogP contribution in [0.2, 0.25) is 0 Å². The van der Waals surface area contributed by atoms with Gasteiger partial charge in [0.05, 0.1) is 0 Å². The normalized spacial score (nSPS) is 15.9. The highest BCUT2D eigenvalue weighted by Crippen LogP contribution is 2.21. The van der Waals surface area contributed by atoms with Gasteiger partial charge in [-0.2, -0.15) is 0 Å². The van der Waals surface area contributed by atoms with Crippen molar-refractivity contribution in [2.75, 3.05) is 33.3 Å². The molecule has 0 saturated carbocycles. The van der Waals surface area contributed by atoms with Crippen molar-refractivity contribution < 1.29 is 9.53 Å². The maximum atomic E-state index is 12.2. The summed E-state index contributed by atoms with van der Waals surface area (Å²) < 4.78 is 5.65. The Bertz CT molecular complexity index is 494. The number of rotatable bonds is 6. The molecule has 0 aromatic heterocycles. The van der Waals surface area contributed by atoms with Crippen LogP contribution in [0.25, 0.3) is 0 Å². The number of likely N-dealkylation sites (tertiary alicyclic amines) is 1. The summed E-state index contributed by atoms with van der Waals surface area (Å²) in [7, 11) is 1.99. The van der Waals surface area contributed by atoms with Crippen molar-refractivity contribution in [1.82, 2.24) is 10.2 Å². The minimum Gasteiger partial charge on any atom is -0.484 e. The molecule has 4 nitrogen and oxygen atoms in total. The lowest BCUT2D eigenvalue weighted by atomic mass is 9.93. The number of carbonyl (C=O) groups is 1. The third-order valence-electron chi connectivity index (χ3n) is 4.61. The highest BCUT2D eigenvalue weighted by atomic mass is 16.5. The largest absolute Gasteiger partial charge is 0.484 e. The zero-order valence-corrected chi connectivity index (χ0v) is 14.0. The van der Waals surface area contributed by atoms with E-state index in [1.165, 1.54) is 17.5 Å². The van der Waals surface area contributed by atoms with Crippen LogP contribution >= 0.6 is 0 Å². The third kappa shape index (κ3) is 4.73. The van der Waals surface area contributed by atoms with Crippen molar-refractivity contribution >= 4 is 5.91 Å². The number of carbonyl (C=O) groups excluding carboxylic acids is 1. The predicted octanol–water partition coefficient (Wildman–Crippen LogP) is 2.53. The second kappa shape index (κ2) is 8.18. The standard InChI is InChI=1S/C18H28N2O2/c1-14-4-5-17(12-15(14)2)22-13-18(21)20-10-7-16(8-11-20)6-9-19-3/h4-5,12,16,19H,6-11,13H2,1-3H3. The summed E-state index contributed by atoms with van der Waals surface area (Å²) in [6, 6.07) is 5.95. The van der Waals surface area contributed by atoms with Crippen molar-refractivity contribution in [2.45, 2.75) is 33.1 Å². The maximum absolute atomic E-state index is 12.2. The van der Waals surface area contributed by atoms with E-state index in [4.69, 9.17) is 4.74 Å². The molecule has 0 spiro atoms. The zero-order valence-electron chi connectivity index (χ0n) is 14.0. The molecule has 0 unspecified atom stereocenters. The van der Waals surface area contributed by atoms with Crippen LogP contribution in [0.4, 0.5) is 0 Å². The molecular formula is C18H28N2O2. The van der Waals surface area contributed by atoms with Crippen molar-refractivity contribution in [3.05, 3.63) is 29.3 Å². The van der Waals surface area contributed by atoms with Gasteiger partial charge in [-0.25, -0.2) is 0 Å². The Kier molecular flexibility index (Phi) is 6.25. The summed E-state index contributed by atoms with van der Waals surface area (Å²) in [6.45, 7) is 7.06. The fourth-order valence-corrected chi connectivity index (χ4v) is 2.86. The molecule has 1 heterocycles. The first-order valence-electron chi connectivity index (χ1n) is 8.22. The van der Waals surface area contributed by atoms with Crippen molar-refractivity contribution in [3.63, 3.8) is 0 Å². The Morgan fingerprint density at radius 1 is 1.27 bits per heavy atom. The lowest BCUT2D eigenvalue weighted by molar-refractivity contribution is -0.134. The molecule has 1 aliphatic heterocycles. The van der Waals surface area contributed by atoms with E-state index < -0.39 is 0 Å². The molecule has 0 bridgehead atoms. The number of hydrogen-bond acceptors (Lipinski definition) is 3. The average Bonchev–Trinajstić information content (AvgIpc) is 2.54. The average molecular weight is 304 g/mol. The van der Waals surface area contributed by atoms with Crippen LogP contribution in [0, 0.1) is 19.8 Å². The van der Waals surface area contributed by atoms with Crippen LogP contribution in [0.5, 0.6) is 5.75 Å². The van der Waals surface area contributed by atoms with Gasteiger partial charge in [-0.05, 0) is 75.9 Å². The predicted molar refractivity (Wildman–Crippen MR) is 89.3 cm³/mol. The summed E-state index contributed by atoms with van der Waals surface area (Å²) in [5.74, 6) is 1.63. The third-order valence-corrected chi connectivity index (χ3v) is 4.61. The number of aryl methyl sites for hydroxylation is 2. The van der Waals surface area contributed by atoms with Gasteiger partial charge in [0.25, 0.3) is 5.91 Å². The molecule has 1 N–H and O–H groups in total. The van der Waals surface area contributed by atoms with E-state index in [-0.39, 0.29) is 12.5 Å². The van der Waals surface area contributed by atoms with Crippen molar-refractivity contribution in [1.29, 1.82) is 0 Å². The van der Waals surface area contributed by atoms with Gasteiger partial charge in [-0.1, -0.05) is 6.07 Å². The number of ether oxygens (including phenoxy) is 1. The highest BCUT2D eigenvalue weighted by molar-refractivity contribution is 5.77. The first-order chi connectivity index (χ1) is 10.6. The Balaban J connectivity index is 1.75. The summed E-state index contributed by atoms with van der Waals surface area (Å²) in [5, 5.41) is 3.20. The second-order valence-electron chi connectivity index (χ2n) is 6.25. The molecule has 1 saturated heterocycles. The number of piperidine rings is 1. The molecule has 1 aromatic rings. The molecule has 1 amide bonds. The fourth-order valence-electron chi connectivity index (χ4n) is 2.86. The Labute approximate surface area is 133 Å². The molecule has 1 aromatic carbocycles. The smallest absolute Gasteiger partial charge is 0.260 e. The molecule has 22 heavy (non-hydrogen) atoms. The Morgan fingerprint density at radius 2 is 2.00 bits per heavy atom. The molecule has 4 heteroatoms. The number of amides is 1. The fraction of sp³-hybridized carbons (Fsp3) is 0.611. The number of nitrogens with one attached hydrogen (secondary N) is 1. The molecule has 0 atom stereocenters. The molecule has 122 valence electrons. The van der Waals surface area contributed by atoms with E-state index in [1.54, 1.807) is 0 Å². The van der Waals surface area contributed by atoms with Gasteiger partial charge in [0, 0.05) is 13.1 Å². The summed E-state index contributed by atoms with van der Waals surface area (Å²) >= 11 is 0. The van der Waals surface area contributed by atoms with Crippen LogP contribution < -0.4 is 10.1 Å². The lowest BCUT2D eigenvalue weighted by Crippen LogP contribution is -2.41. The molecular weight excluding hydrogens is 276 g/mol. The minimum absolute atomic E-state index is 0.102. The quantitative estimate of drug-likeness (QED) is 0.878. The molecule has 2 rings (SSSR count). The summed E-state index contributed by atoms with van der Waals surface area (Å²) in [6.07, 6.45) is 3.42. The van der Waals surface area contributed by atoms with Gasteiger partial charge in [-0.3, -0.25) is 4.79 Å². The minimum atomic E-state index is 0.102. The SMILES string of the molecule is CNCCC1CCN(C(=O)COc2ccc(C)c(C)c2)CC1.